The Morgan fingerprint density at radius 2 is 2.32 bits per heavy atom. The molecule has 19 heavy (non-hydrogen) atoms. The van der Waals surface area contributed by atoms with Crippen molar-refractivity contribution < 1.29 is 9.53 Å². The summed E-state index contributed by atoms with van der Waals surface area (Å²) in [5, 5.41) is 3.03. The molecule has 2 heterocycles. The molecule has 1 saturated heterocycles. The predicted molar refractivity (Wildman–Crippen MR) is 72.9 cm³/mol. The molecule has 5 nitrogen and oxygen atoms in total. The molecule has 1 atom stereocenters. The summed E-state index contributed by atoms with van der Waals surface area (Å²) in [5.41, 5.74) is 5.12. The molecule has 7 heteroatoms. The van der Waals surface area contributed by atoms with Crippen molar-refractivity contribution in [2.24, 2.45) is 0 Å². The second-order valence-electron chi connectivity index (χ2n) is 4.44. The Morgan fingerprint density at radius 3 is 3.05 bits per heavy atom. The van der Waals surface area contributed by atoms with Crippen molar-refractivity contribution in [1.82, 2.24) is 10.3 Å². The maximum Gasteiger partial charge on any atom is 0.320 e. The molecule has 0 aromatic heterocycles. The molecule has 1 aromatic carbocycles. The van der Waals surface area contributed by atoms with Crippen LogP contribution in [0.1, 0.15) is 12.5 Å². The summed E-state index contributed by atoms with van der Waals surface area (Å²) in [7, 11) is 0. The Labute approximate surface area is 121 Å². The van der Waals surface area contributed by atoms with Gasteiger partial charge in [-0.15, -0.1) is 0 Å². The third-order valence-corrected chi connectivity index (χ3v) is 4.05. The van der Waals surface area contributed by atoms with Gasteiger partial charge in [0.05, 0.1) is 28.9 Å². The van der Waals surface area contributed by atoms with Gasteiger partial charge in [0.25, 0.3) is 0 Å². The van der Waals surface area contributed by atoms with E-state index in [2.05, 4.69) is 5.43 Å². The van der Waals surface area contributed by atoms with Crippen LogP contribution in [-0.2, 0) is 16.1 Å². The number of halogens is 2. The molecule has 1 aromatic rings. The first-order valence-electron chi connectivity index (χ1n) is 6.03. The lowest BCUT2D eigenvalue weighted by Gasteiger charge is -2.27. The van der Waals surface area contributed by atoms with Gasteiger partial charge in [-0.05, 0) is 19.1 Å². The van der Waals surface area contributed by atoms with E-state index in [-0.39, 0.29) is 18.8 Å². The molecular formula is C12H13Cl2N3O2. The van der Waals surface area contributed by atoms with Crippen molar-refractivity contribution in [2.45, 2.75) is 19.8 Å². The summed E-state index contributed by atoms with van der Waals surface area (Å²) in [4.78, 5) is 13.5. The van der Waals surface area contributed by atoms with E-state index in [9.17, 15) is 4.79 Å². The Hall–Kier alpha value is -1.01. The van der Waals surface area contributed by atoms with Crippen LogP contribution < -0.4 is 10.4 Å². The van der Waals surface area contributed by atoms with E-state index in [4.69, 9.17) is 27.9 Å². The van der Waals surface area contributed by atoms with Crippen LogP contribution in [0.25, 0.3) is 0 Å². The van der Waals surface area contributed by atoms with Crippen molar-refractivity contribution in [3.8, 4) is 0 Å². The highest BCUT2D eigenvalue weighted by Crippen LogP contribution is 2.41. The smallest absolute Gasteiger partial charge is 0.320 e. The van der Waals surface area contributed by atoms with Gasteiger partial charge in [0.1, 0.15) is 0 Å². The van der Waals surface area contributed by atoms with Gasteiger partial charge in [0.2, 0.25) is 0 Å². The largest absolute Gasteiger partial charge is 0.465 e. The summed E-state index contributed by atoms with van der Waals surface area (Å²) >= 11 is 12.3. The summed E-state index contributed by atoms with van der Waals surface area (Å²) in [5.74, 6) is -0.238. The quantitative estimate of drug-likeness (QED) is 0.683. The van der Waals surface area contributed by atoms with Gasteiger partial charge in [-0.2, -0.15) is 5.43 Å². The van der Waals surface area contributed by atoms with Gasteiger partial charge in [-0.1, -0.05) is 23.2 Å². The zero-order chi connectivity index (χ0) is 13.6. The molecule has 2 aliphatic rings. The SMILES string of the molecule is CCOC(=O)CN1Cc2c(ccc(Cl)c2Cl)N2NC12. The molecule has 1 N–H and O–H groups in total. The van der Waals surface area contributed by atoms with Crippen molar-refractivity contribution >= 4 is 34.9 Å². The lowest BCUT2D eigenvalue weighted by molar-refractivity contribution is -0.144. The third kappa shape index (κ3) is 2.27. The molecule has 0 radical (unpaired) electrons. The van der Waals surface area contributed by atoms with Crippen LogP contribution in [0, 0.1) is 0 Å². The number of rotatable bonds is 3. The van der Waals surface area contributed by atoms with E-state index in [0.717, 1.165) is 11.3 Å². The van der Waals surface area contributed by atoms with Crippen LogP contribution in [0.5, 0.6) is 0 Å². The third-order valence-electron chi connectivity index (χ3n) is 3.21. The molecule has 102 valence electrons. The fraction of sp³-hybridized carbons (Fsp3) is 0.417. The summed E-state index contributed by atoms with van der Waals surface area (Å²) in [6, 6.07) is 3.71. The highest BCUT2D eigenvalue weighted by atomic mass is 35.5. The highest BCUT2D eigenvalue weighted by molar-refractivity contribution is 6.42. The highest BCUT2D eigenvalue weighted by Gasteiger charge is 2.45. The first-order valence-corrected chi connectivity index (χ1v) is 6.79. The topological polar surface area (TPSA) is 54.5 Å². The molecule has 0 amide bonds. The van der Waals surface area contributed by atoms with Crippen LogP contribution in [0.2, 0.25) is 10.0 Å². The molecule has 0 saturated carbocycles. The summed E-state index contributed by atoms with van der Waals surface area (Å²) in [6.45, 7) is 2.98. The van der Waals surface area contributed by atoms with E-state index in [1.807, 2.05) is 16.0 Å². The van der Waals surface area contributed by atoms with Crippen molar-refractivity contribution in [1.29, 1.82) is 0 Å². The van der Waals surface area contributed by atoms with Crippen LogP contribution in [0.3, 0.4) is 0 Å². The van der Waals surface area contributed by atoms with Gasteiger partial charge >= 0.3 is 5.97 Å². The lowest BCUT2D eigenvalue weighted by Crippen LogP contribution is -2.38. The number of nitrogens with zero attached hydrogens (tertiary/aromatic N) is 2. The molecule has 0 bridgehead atoms. The van der Waals surface area contributed by atoms with Gasteiger partial charge in [0, 0.05) is 12.1 Å². The monoisotopic (exact) mass is 301 g/mol. The number of anilines is 1. The second kappa shape index (κ2) is 4.83. The Kier molecular flexibility index (Phi) is 3.30. The molecule has 1 fully saturated rings. The molecule has 0 aliphatic carbocycles. The number of ether oxygens (including phenoxy) is 1. The summed E-state index contributed by atoms with van der Waals surface area (Å²) in [6.07, 6.45) is 0.0362. The number of esters is 1. The fourth-order valence-corrected chi connectivity index (χ4v) is 2.70. The first-order chi connectivity index (χ1) is 9.11. The van der Waals surface area contributed by atoms with E-state index >= 15 is 0 Å². The second-order valence-corrected chi connectivity index (χ2v) is 5.23. The Morgan fingerprint density at radius 1 is 1.53 bits per heavy atom. The minimum Gasteiger partial charge on any atom is -0.465 e. The molecule has 0 spiro atoms. The zero-order valence-electron chi connectivity index (χ0n) is 10.3. The van der Waals surface area contributed by atoms with E-state index < -0.39 is 0 Å². The predicted octanol–water partition coefficient (Wildman–Crippen LogP) is 1.98. The van der Waals surface area contributed by atoms with E-state index in [1.54, 1.807) is 13.0 Å². The molecule has 2 aliphatic heterocycles. The number of hydrogen-bond donors (Lipinski definition) is 1. The molecule has 3 rings (SSSR count). The zero-order valence-corrected chi connectivity index (χ0v) is 11.8. The van der Waals surface area contributed by atoms with Crippen LogP contribution in [0.15, 0.2) is 12.1 Å². The van der Waals surface area contributed by atoms with Crippen molar-refractivity contribution in [3.05, 3.63) is 27.7 Å². The van der Waals surface area contributed by atoms with Gasteiger partial charge in [0.15, 0.2) is 6.29 Å². The Balaban J connectivity index is 1.82. The van der Waals surface area contributed by atoms with Gasteiger partial charge in [-0.3, -0.25) is 14.7 Å². The van der Waals surface area contributed by atoms with E-state index in [0.29, 0.717) is 23.2 Å². The average Bonchev–Trinajstić information content (AvgIpc) is 3.15. The van der Waals surface area contributed by atoms with Crippen LogP contribution in [0.4, 0.5) is 5.69 Å². The number of benzene rings is 1. The standard InChI is InChI=1S/C12H13Cl2N3O2/c1-2-19-10(18)6-16-5-7-9(17-12(16)15-17)4-3-8(13)11(7)14/h3-4,12,15H,2,5-6H2,1H3. The number of carbonyl (C=O) groups is 1. The average molecular weight is 302 g/mol. The van der Waals surface area contributed by atoms with E-state index in [1.165, 1.54) is 0 Å². The number of hydrogen-bond acceptors (Lipinski definition) is 5. The maximum atomic E-state index is 11.6. The molecular weight excluding hydrogens is 289 g/mol. The fourth-order valence-electron chi connectivity index (χ4n) is 2.30. The minimum atomic E-state index is -0.238. The minimum absolute atomic E-state index is 0.0362. The first kappa shape index (κ1) is 13.0. The number of hydrazine groups is 1. The summed E-state index contributed by atoms with van der Waals surface area (Å²) < 4.78 is 4.97. The van der Waals surface area contributed by atoms with Gasteiger partial charge < -0.3 is 4.74 Å². The normalized spacial score (nSPS) is 20.8. The van der Waals surface area contributed by atoms with Crippen LogP contribution in [-0.4, -0.2) is 30.3 Å². The maximum absolute atomic E-state index is 11.6. The van der Waals surface area contributed by atoms with Crippen molar-refractivity contribution in [3.63, 3.8) is 0 Å². The number of carbonyl (C=O) groups excluding carboxylic acids is 1. The lowest BCUT2D eigenvalue weighted by atomic mass is 10.1. The Bertz CT molecular complexity index is 538. The van der Waals surface area contributed by atoms with Crippen molar-refractivity contribution in [2.75, 3.05) is 18.2 Å². The number of fused-ring (bicyclic) bond motifs is 3. The van der Waals surface area contributed by atoms with Crippen LogP contribution >= 0.6 is 23.2 Å². The molecule has 1 unspecified atom stereocenters. The number of nitrogens with one attached hydrogen (secondary N) is 1. The van der Waals surface area contributed by atoms with Gasteiger partial charge in [-0.25, -0.2) is 0 Å².